The van der Waals surface area contributed by atoms with E-state index in [2.05, 4.69) is 22.2 Å². The zero-order valence-corrected chi connectivity index (χ0v) is 12.5. The maximum absolute atomic E-state index is 11.8. The Bertz CT molecular complexity index is 416. The van der Waals surface area contributed by atoms with Crippen molar-refractivity contribution in [3.63, 3.8) is 0 Å². The van der Waals surface area contributed by atoms with Crippen LogP contribution < -0.4 is 11.1 Å². The summed E-state index contributed by atoms with van der Waals surface area (Å²) < 4.78 is 0. The van der Waals surface area contributed by atoms with Gasteiger partial charge in [-0.15, -0.1) is 24.8 Å². The number of hydrogen-bond donors (Lipinski definition) is 2. The zero-order chi connectivity index (χ0) is 12.3. The zero-order valence-electron chi connectivity index (χ0n) is 10.8. The van der Waals surface area contributed by atoms with Crippen LogP contribution in [-0.2, 0) is 0 Å². The van der Waals surface area contributed by atoms with Crippen LogP contribution >= 0.6 is 24.8 Å². The molecule has 1 aliphatic rings. The quantitative estimate of drug-likeness (QED) is 0.884. The molecule has 1 unspecified atom stereocenters. The molecule has 1 amide bonds. The first kappa shape index (κ1) is 18.0. The van der Waals surface area contributed by atoms with Gasteiger partial charge in [-0.2, -0.15) is 0 Å². The van der Waals surface area contributed by atoms with Crippen LogP contribution in [0.1, 0.15) is 23.3 Å². The summed E-state index contributed by atoms with van der Waals surface area (Å²) in [6, 6.07) is 5.52. The monoisotopic (exact) mass is 306 g/mol. The number of likely N-dealkylation sites (tertiary alicyclic amines) is 1. The van der Waals surface area contributed by atoms with E-state index in [0.29, 0.717) is 24.1 Å². The van der Waals surface area contributed by atoms with Crippen LogP contribution in [-0.4, -0.2) is 42.0 Å². The molecule has 108 valence electrons. The first-order chi connectivity index (χ1) is 8.16. The van der Waals surface area contributed by atoms with Crippen molar-refractivity contribution >= 4 is 36.5 Å². The van der Waals surface area contributed by atoms with E-state index in [1.807, 2.05) is 0 Å². The van der Waals surface area contributed by atoms with E-state index in [9.17, 15) is 4.79 Å². The number of amides is 1. The maximum Gasteiger partial charge on any atom is 0.270 e. The smallest absolute Gasteiger partial charge is 0.270 e. The minimum absolute atomic E-state index is 0. The van der Waals surface area contributed by atoms with E-state index in [-0.39, 0.29) is 30.7 Å². The van der Waals surface area contributed by atoms with E-state index in [0.717, 1.165) is 13.0 Å². The average molecular weight is 307 g/mol. The number of nitrogens with two attached hydrogens (primary N) is 1. The van der Waals surface area contributed by atoms with E-state index in [1.165, 1.54) is 6.42 Å². The molecule has 1 atom stereocenters. The van der Waals surface area contributed by atoms with Gasteiger partial charge in [-0.3, -0.25) is 4.79 Å². The number of anilines is 1. The fourth-order valence-corrected chi connectivity index (χ4v) is 2.12. The lowest BCUT2D eigenvalue weighted by Gasteiger charge is -2.19. The van der Waals surface area contributed by atoms with Gasteiger partial charge in [-0.1, -0.05) is 6.07 Å². The highest BCUT2D eigenvalue weighted by atomic mass is 35.5. The van der Waals surface area contributed by atoms with Gasteiger partial charge in [0.25, 0.3) is 5.91 Å². The Labute approximate surface area is 125 Å². The topological polar surface area (TPSA) is 71.2 Å². The number of likely N-dealkylation sites (N-methyl/N-ethyl adjacent to an activating group) is 1. The first-order valence-electron chi connectivity index (χ1n) is 5.88. The number of hydrogen-bond acceptors (Lipinski definition) is 4. The molecule has 7 heteroatoms. The first-order valence-corrected chi connectivity index (χ1v) is 5.88. The van der Waals surface area contributed by atoms with Crippen LogP contribution in [0, 0.1) is 0 Å². The van der Waals surface area contributed by atoms with Crippen molar-refractivity contribution in [1.82, 2.24) is 15.2 Å². The molecule has 1 saturated heterocycles. The molecule has 19 heavy (non-hydrogen) atoms. The summed E-state index contributed by atoms with van der Waals surface area (Å²) in [4.78, 5) is 18.1. The van der Waals surface area contributed by atoms with Crippen molar-refractivity contribution < 1.29 is 4.79 Å². The molecule has 2 rings (SSSR count). The van der Waals surface area contributed by atoms with Crippen LogP contribution in [0.3, 0.4) is 0 Å². The Morgan fingerprint density at radius 1 is 1.53 bits per heavy atom. The SMILES string of the molecule is CN1CCCC1CNC(=O)c1cccc(N)n1.Cl.Cl. The van der Waals surface area contributed by atoms with Gasteiger partial charge >= 0.3 is 0 Å². The summed E-state index contributed by atoms with van der Waals surface area (Å²) >= 11 is 0. The molecule has 1 fully saturated rings. The third-order valence-corrected chi connectivity index (χ3v) is 3.17. The molecule has 0 radical (unpaired) electrons. The number of nitrogens with one attached hydrogen (secondary N) is 1. The average Bonchev–Trinajstić information content (AvgIpc) is 2.72. The van der Waals surface area contributed by atoms with E-state index in [4.69, 9.17) is 5.73 Å². The number of halogens is 2. The molecular weight excluding hydrogens is 287 g/mol. The predicted octanol–water partition coefficient (Wildman–Crippen LogP) is 1.33. The third kappa shape index (κ3) is 4.86. The molecular formula is C12H20Cl2N4O. The largest absolute Gasteiger partial charge is 0.384 e. The van der Waals surface area contributed by atoms with Crippen LogP contribution in [0.5, 0.6) is 0 Å². The molecule has 0 aromatic carbocycles. The number of carbonyl (C=O) groups excluding carboxylic acids is 1. The maximum atomic E-state index is 11.8. The molecule has 0 aliphatic carbocycles. The second-order valence-corrected chi connectivity index (χ2v) is 4.43. The lowest BCUT2D eigenvalue weighted by molar-refractivity contribution is 0.0939. The van der Waals surface area contributed by atoms with Gasteiger partial charge in [0.2, 0.25) is 0 Å². The summed E-state index contributed by atoms with van der Waals surface area (Å²) in [5.74, 6) is 0.216. The van der Waals surface area contributed by atoms with Crippen molar-refractivity contribution in [3.8, 4) is 0 Å². The highest BCUT2D eigenvalue weighted by molar-refractivity contribution is 5.92. The van der Waals surface area contributed by atoms with Gasteiger partial charge in [0.15, 0.2) is 0 Å². The normalized spacial score (nSPS) is 18.3. The van der Waals surface area contributed by atoms with Gasteiger partial charge in [0.1, 0.15) is 11.5 Å². The third-order valence-electron chi connectivity index (χ3n) is 3.17. The molecule has 1 aromatic rings. The standard InChI is InChI=1S/C12H18N4O.2ClH/c1-16-7-3-4-9(16)8-14-12(17)10-5-2-6-11(13)15-10;;/h2,5-6,9H,3-4,7-8H2,1H3,(H2,13,15)(H,14,17);2*1H. The number of rotatable bonds is 3. The number of aromatic nitrogens is 1. The van der Waals surface area contributed by atoms with E-state index >= 15 is 0 Å². The molecule has 1 aliphatic heterocycles. The Morgan fingerprint density at radius 3 is 2.84 bits per heavy atom. The summed E-state index contributed by atoms with van der Waals surface area (Å²) in [6.07, 6.45) is 2.34. The lowest BCUT2D eigenvalue weighted by atomic mass is 10.2. The van der Waals surface area contributed by atoms with E-state index in [1.54, 1.807) is 18.2 Å². The number of nitrogens with zero attached hydrogens (tertiary/aromatic N) is 2. The Morgan fingerprint density at radius 2 is 2.26 bits per heavy atom. The Balaban J connectivity index is 0.00000162. The number of nitrogen functional groups attached to an aromatic ring is 1. The second-order valence-electron chi connectivity index (χ2n) is 4.43. The van der Waals surface area contributed by atoms with Gasteiger partial charge in [-0.25, -0.2) is 4.98 Å². The second kappa shape index (κ2) is 8.19. The van der Waals surface area contributed by atoms with Crippen molar-refractivity contribution in [1.29, 1.82) is 0 Å². The molecule has 0 bridgehead atoms. The van der Waals surface area contributed by atoms with Crippen LogP contribution in [0.15, 0.2) is 18.2 Å². The summed E-state index contributed by atoms with van der Waals surface area (Å²) in [5, 5.41) is 2.90. The molecule has 5 nitrogen and oxygen atoms in total. The van der Waals surface area contributed by atoms with Crippen LogP contribution in [0.4, 0.5) is 5.82 Å². The fraction of sp³-hybridized carbons (Fsp3) is 0.500. The minimum atomic E-state index is -0.155. The predicted molar refractivity (Wildman–Crippen MR) is 81.1 cm³/mol. The summed E-state index contributed by atoms with van der Waals surface area (Å²) in [7, 11) is 2.09. The molecule has 0 spiro atoms. The minimum Gasteiger partial charge on any atom is -0.384 e. The van der Waals surface area contributed by atoms with Crippen LogP contribution in [0.2, 0.25) is 0 Å². The van der Waals surface area contributed by atoms with Crippen molar-refractivity contribution in [3.05, 3.63) is 23.9 Å². The Kier molecular flexibility index (Phi) is 7.75. The van der Waals surface area contributed by atoms with E-state index < -0.39 is 0 Å². The molecule has 2 heterocycles. The summed E-state index contributed by atoms with van der Waals surface area (Å²) in [6.45, 7) is 1.78. The van der Waals surface area contributed by atoms with Crippen molar-refractivity contribution in [2.75, 3.05) is 25.9 Å². The van der Waals surface area contributed by atoms with Gasteiger partial charge in [0.05, 0.1) is 0 Å². The van der Waals surface area contributed by atoms with Crippen molar-refractivity contribution in [2.24, 2.45) is 0 Å². The number of carbonyl (C=O) groups is 1. The van der Waals surface area contributed by atoms with Gasteiger partial charge < -0.3 is 16.0 Å². The summed E-state index contributed by atoms with van der Waals surface area (Å²) in [5.41, 5.74) is 5.92. The number of pyridine rings is 1. The molecule has 1 aromatic heterocycles. The lowest BCUT2D eigenvalue weighted by Crippen LogP contribution is -2.38. The molecule has 0 saturated carbocycles. The van der Waals surface area contributed by atoms with Crippen molar-refractivity contribution in [2.45, 2.75) is 18.9 Å². The highest BCUT2D eigenvalue weighted by Crippen LogP contribution is 2.13. The Hall–Kier alpha value is -1.04. The molecule has 3 N–H and O–H groups in total. The highest BCUT2D eigenvalue weighted by Gasteiger charge is 2.21. The van der Waals surface area contributed by atoms with Crippen LogP contribution in [0.25, 0.3) is 0 Å². The fourth-order valence-electron chi connectivity index (χ4n) is 2.12. The van der Waals surface area contributed by atoms with Gasteiger partial charge in [-0.05, 0) is 38.6 Å². The van der Waals surface area contributed by atoms with Gasteiger partial charge in [0, 0.05) is 12.6 Å².